The van der Waals surface area contributed by atoms with Gasteiger partial charge in [0.15, 0.2) is 6.23 Å². The van der Waals surface area contributed by atoms with Crippen molar-refractivity contribution in [2.75, 3.05) is 13.1 Å². The van der Waals surface area contributed by atoms with Crippen LogP contribution < -0.4 is 0 Å². The molecule has 49 heavy (non-hydrogen) atoms. The highest BCUT2D eigenvalue weighted by atomic mass is 32.1. The summed E-state index contributed by atoms with van der Waals surface area (Å²) >= 11 is 6.23. The van der Waals surface area contributed by atoms with Gasteiger partial charge in [0.25, 0.3) is 5.91 Å². The van der Waals surface area contributed by atoms with E-state index in [-0.39, 0.29) is 18.2 Å². The molecule has 3 atom stereocenters. The minimum Gasteiger partial charge on any atom is -0.358 e. The predicted molar refractivity (Wildman–Crippen MR) is 208 cm³/mol. The molecular formula is C44H44N2O2S. The Kier molecular flexibility index (Phi) is 6.65. The van der Waals surface area contributed by atoms with Crippen molar-refractivity contribution in [3.8, 4) is 0 Å². The average Bonchev–Trinajstić information content (AvgIpc) is 3.89. The third-order valence-corrected chi connectivity index (χ3v) is 12.5. The lowest BCUT2D eigenvalue weighted by Crippen LogP contribution is -2.37. The minimum absolute atomic E-state index is 0.0794. The Morgan fingerprint density at radius 1 is 0.735 bits per heavy atom. The molecular weight excluding hydrogens is 621 g/mol. The van der Waals surface area contributed by atoms with Gasteiger partial charge in [-0.25, -0.2) is 0 Å². The number of epoxide rings is 1. The molecule has 0 saturated carbocycles. The fraction of sp³-hybridized carbons (Fsp3) is 0.409. The quantitative estimate of drug-likeness (QED) is 0.0453. The number of nitrogens with zero attached hydrogens (tertiary/aromatic N) is 2. The van der Waals surface area contributed by atoms with Gasteiger partial charge in [0.1, 0.15) is 11.1 Å². The topological polar surface area (TPSA) is 36.1 Å². The van der Waals surface area contributed by atoms with Crippen LogP contribution in [0.15, 0.2) is 48.5 Å². The van der Waals surface area contributed by atoms with Gasteiger partial charge in [-0.15, -0.1) is 0 Å². The number of fused-ring (bicyclic) bond motifs is 2. The van der Waals surface area contributed by atoms with E-state index in [2.05, 4.69) is 86.0 Å². The number of hydrogen-bond donors (Lipinski definition) is 0. The van der Waals surface area contributed by atoms with E-state index in [0.717, 1.165) is 47.4 Å². The Balaban J connectivity index is 1.16. The summed E-state index contributed by atoms with van der Waals surface area (Å²) in [5.74, 6) is 1.09. The molecule has 1 amide bonds. The molecule has 1 fully saturated rings. The van der Waals surface area contributed by atoms with Crippen LogP contribution in [0.5, 0.6) is 0 Å². The number of carbonyl (C=O) groups excluding carboxylic acids is 1. The SMILES string of the molecule is CCCCCCCCC(C)CN1C(=O)c2cc3ccc4cc5c6c(cc7ccc8cc(c2c2c3c4c6c7c82)C2OC21)C(=S)N(CC(C)C)C5. The van der Waals surface area contributed by atoms with Crippen molar-refractivity contribution in [2.24, 2.45) is 11.8 Å². The standard InChI is InChI=1S/C44H44N2O2S/c1-5-6-7-8-9-10-11-24(4)21-46-42(47)31-18-27-13-12-25-16-29-22-45(20-23(2)3)44(49)32-19-28-15-14-26-17-30(41-43(46)48-41)38(31)40-36(26)35(28)39(33(29)32)34(25)37(27)40/h12-19,23-24,41,43H,5-11,20-22H2,1-4H3. The van der Waals surface area contributed by atoms with E-state index >= 15 is 0 Å². The molecule has 3 aliphatic heterocycles. The van der Waals surface area contributed by atoms with Crippen molar-refractivity contribution in [3.63, 3.8) is 0 Å². The summed E-state index contributed by atoms with van der Waals surface area (Å²) in [5, 5.41) is 15.2. The van der Waals surface area contributed by atoms with Crippen LogP contribution >= 0.6 is 12.2 Å². The molecule has 10 rings (SSSR count). The number of amides is 1. The molecule has 4 nitrogen and oxygen atoms in total. The fourth-order valence-electron chi connectivity index (χ4n) is 9.88. The summed E-state index contributed by atoms with van der Waals surface area (Å²) < 4.78 is 6.45. The molecule has 0 radical (unpaired) electrons. The lowest BCUT2D eigenvalue weighted by atomic mass is 9.78. The number of unbranched alkanes of at least 4 members (excludes halogenated alkanes) is 5. The first-order valence-corrected chi connectivity index (χ1v) is 19.2. The van der Waals surface area contributed by atoms with E-state index < -0.39 is 0 Å². The van der Waals surface area contributed by atoms with E-state index in [1.807, 2.05) is 0 Å². The molecule has 0 bridgehead atoms. The van der Waals surface area contributed by atoms with Gasteiger partial charge in [-0.3, -0.25) is 4.79 Å². The van der Waals surface area contributed by atoms with Gasteiger partial charge in [-0.1, -0.05) is 103 Å². The van der Waals surface area contributed by atoms with E-state index in [1.165, 1.54) is 109 Å². The third-order valence-electron chi connectivity index (χ3n) is 12.0. The summed E-state index contributed by atoms with van der Waals surface area (Å²) in [6.45, 7) is 11.7. The first-order chi connectivity index (χ1) is 23.8. The highest BCUT2D eigenvalue weighted by molar-refractivity contribution is 7.80. The van der Waals surface area contributed by atoms with Crippen molar-refractivity contribution in [3.05, 3.63) is 70.8 Å². The Morgan fingerprint density at radius 2 is 1.35 bits per heavy atom. The van der Waals surface area contributed by atoms with E-state index in [1.54, 1.807) is 0 Å². The van der Waals surface area contributed by atoms with Gasteiger partial charge in [0, 0.05) is 36.1 Å². The number of benzene rings is 7. The van der Waals surface area contributed by atoms with Crippen molar-refractivity contribution in [1.29, 1.82) is 0 Å². The van der Waals surface area contributed by atoms with Crippen LogP contribution in [0.25, 0.3) is 64.6 Å². The molecule has 3 heterocycles. The number of ether oxygens (including phenoxy) is 1. The normalized spacial score (nSPS) is 19.7. The van der Waals surface area contributed by atoms with Crippen LogP contribution in [0, 0.1) is 11.8 Å². The summed E-state index contributed by atoms with van der Waals surface area (Å²) in [6.07, 6.45) is 8.67. The van der Waals surface area contributed by atoms with E-state index in [0.29, 0.717) is 11.8 Å². The van der Waals surface area contributed by atoms with Crippen LogP contribution in [0.1, 0.15) is 106 Å². The number of carbonyl (C=O) groups is 1. The Morgan fingerprint density at radius 3 is 2.04 bits per heavy atom. The van der Waals surface area contributed by atoms with Gasteiger partial charge in [0.05, 0.1) is 0 Å². The second kappa shape index (κ2) is 10.8. The summed E-state index contributed by atoms with van der Waals surface area (Å²) in [7, 11) is 0. The van der Waals surface area contributed by atoms with Gasteiger partial charge in [0.2, 0.25) is 0 Å². The van der Waals surface area contributed by atoms with Crippen LogP contribution in [-0.2, 0) is 11.3 Å². The Labute approximate surface area is 293 Å². The van der Waals surface area contributed by atoms with Crippen LogP contribution in [0.3, 0.4) is 0 Å². The highest BCUT2D eigenvalue weighted by Crippen LogP contribution is 2.56. The first kappa shape index (κ1) is 30.1. The second-order valence-corrected chi connectivity index (χ2v) is 16.4. The summed E-state index contributed by atoms with van der Waals surface area (Å²) in [4.78, 5) is 20.2. The maximum absolute atomic E-state index is 14.7. The predicted octanol–water partition coefficient (Wildman–Crippen LogP) is 11.3. The summed E-state index contributed by atoms with van der Waals surface area (Å²) in [5.41, 5.74) is 4.59. The van der Waals surface area contributed by atoms with Gasteiger partial charge < -0.3 is 14.5 Å². The largest absolute Gasteiger partial charge is 0.358 e. The Bertz CT molecular complexity index is 2440. The maximum atomic E-state index is 14.7. The number of rotatable bonds is 11. The maximum Gasteiger partial charge on any atom is 0.256 e. The molecule has 1 saturated heterocycles. The van der Waals surface area contributed by atoms with E-state index in [4.69, 9.17) is 17.0 Å². The minimum atomic E-state index is -0.184. The second-order valence-electron chi connectivity index (χ2n) is 16.0. The molecule has 7 aromatic carbocycles. The van der Waals surface area contributed by atoms with Gasteiger partial charge in [-0.05, 0) is 113 Å². The third kappa shape index (κ3) is 4.24. The fourth-order valence-corrected chi connectivity index (χ4v) is 10.2. The van der Waals surface area contributed by atoms with Crippen molar-refractivity contribution in [1.82, 2.24) is 9.80 Å². The van der Waals surface area contributed by atoms with Gasteiger partial charge in [-0.2, -0.15) is 0 Å². The number of thiocarbonyl (C=S) groups is 1. The molecule has 0 aliphatic carbocycles. The Hall–Kier alpha value is -3.80. The lowest BCUT2D eigenvalue weighted by Gasteiger charge is -2.34. The average molecular weight is 665 g/mol. The molecule has 0 spiro atoms. The molecule has 5 heteroatoms. The molecule has 3 aliphatic rings. The smallest absolute Gasteiger partial charge is 0.256 e. The van der Waals surface area contributed by atoms with E-state index in [9.17, 15) is 4.79 Å². The molecule has 248 valence electrons. The highest BCUT2D eigenvalue weighted by Gasteiger charge is 2.51. The lowest BCUT2D eigenvalue weighted by molar-refractivity contribution is 0.0635. The molecule has 7 aromatic rings. The van der Waals surface area contributed by atoms with Crippen molar-refractivity contribution < 1.29 is 9.53 Å². The van der Waals surface area contributed by atoms with Crippen molar-refractivity contribution in [2.45, 2.75) is 91.5 Å². The van der Waals surface area contributed by atoms with Gasteiger partial charge >= 0.3 is 0 Å². The molecule has 3 unspecified atom stereocenters. The zero-order valence-electron chi connectivity index (χ0n) is 29.1. The molecule has 0 aromatic heterocycles. The molecule has 0 N–H and O–H groups in total. The van der Waals surface area contributed by atoms with Crippen LogP contribution in [0.4, 0.5) is 0 Å². The van der Waals surface area contributed by atoms with Crippen LogP contribution in [0.2, 0.25) is 0 Å². The first-order valence-electron chi connectivity index (χ1n) is 18.8. The van der Waals surface area contributed by atoms with Crippen LogP contribution in [-0.4, -0.2) is 40.0 Å². The zero-order chi connectivity index (χ0) is 33.3. The van der Waals surface area contributed by atoms with Crippen molar-refractivity contribution >= 4 is 87.7 Å². The number of hydrogen-bond acceptors (Lipinski definition) is 3. The zero-order valence-corrected chi connectivity index (χ0v) is 29.9. The summed E-state index contributed by atoms with van der Waals surface area (Å²) in [6, 6.07) is 18.5. The monoisotopic (exact) mass is 664 g/mol.